The van der Waals surface area contributed by atoms with Crippen molar-refractivity contribution in [3.8, 4) is 10.6 Å². The zero-order valence-electron chi connectivity index (χ0n) is 6.34. The highest BCUT2D eigenvalue weighted by molar-refractivity contribution is 7.81. The van der Waals surface area contributed by atoms with Crippen LogP contribution in [-0.2, 0) is 11.1 Å². The summed E-state index contributed by atoms with van der Waals surface area (Å²) in [4.78, 5) is 0.825. The fourth-order valence-corrected chi connectivity index (χ4v) is 2.33. The molecule has 0 radical (unpaired) electrons. The van der Waals surface area contributed by atoms with Crippen LogP contribution in [0.2, 0.25) is 0 Å². The van der Waals surface area contributed by atoms with E-state index in [9.17, 15) is 4.21 Å². The Morgan fingerprint density at radius 1 is 1.46 bits per heavy atom. The molecular formula is C7H5NO3S2. The van der Waals surface area contributed by atoms with Gasteiger partial charge in [-0.15, -0.1) is 11.3 Å². The Morgan fingerprint density at radius 3 is 2.85 bits per heavy atom. The normalized spacial score (nSPS) is 13.0. The van der Waals surface area contributed by atoms with E-state index in [4.69, 9.17) is 4.55 Å². The van der Waals surface area contributed by atoms with Crippen LogP contribution in [-0.4, -0.2) is 13.9 Å². The highest BCUT2D eigenvalue weighted by atomic mass is 32.2. The van der Waals surface area contributed by atoms with Crippen LogP contribution in [0.3, 0.4) is 0 Å². The number of thiophene rings is 1. The number of nitrogens with zero attached hydrogens (tertiary/aromatic N) is 1. The van der Waals surface area contributed by atoms with Gasteiger partial charge in [0, 0.05) is 6.07 Å². The van der Waals surface area contributed by atoms with E-state index in [1.807, 2.05) is 0 Å². The quantitative estimate of drug-likeness (QED) is 0.778. The van der Waals surface area contributed by atoms with Gasteiger partial charge in [-0.1, -0.05) is 5.16 Å². The summed E-state index contributed by atoms with van der Waals surface area (Å²) >= 11 is -0.684. The highest BCUT2D eigenvalue weighted by Gasteiger charge is 2.08. The summed E-state index contributed by atoms with van der Waals surface area (Å²) in [7, 11) is 0. The smallest absolute Gasteiger partial charge is 0.196 e. The van der Waals surface area contributed by atoms with Gasteiger partial charge in [0.1, 0.15) is 16.2 Å². The van der Waals surface area contributed by atoms with Gasteiger partial charge in [0.25, 0.3) is 0 Å². The maximum Gasteiger partial charge on any atom is 0.196 e. The first-order chi connectivity index (χ1) is 6.27. The zero-order chi connectivity index (χ0) is 9.26. The Morgan fingerprint density at radius 2 is 2.31 bits per heavy atom. The third-order valence-corrected chi connectivity index (χ3v) is 3.50. The standard InChI is InChI=1S/C7H5NO3S2/c9-13(10)7-2-1-6(12-7)5-3-4-11-8-5/h1-4H,(H,9,10). The molecule has 0 saturated heterocycles. The fourth-order valence-electron chi connectivity index (χ4n) is 0.891. The molecule has 2 aromatic heterocycles. The van der Waals surface area contributed by atoms with Gasteiger partial charge in [0.15, 0.2) is 11.1 Å². The lowest BCUT2D eigenvalue weighted by Gasteiger charge is -1.85. The van der Waals surface area contributed by atoms with Gasteiger partial charge in [-0.2, -0.15) is 0 Å². The largest absolute Gasteiger partial charge is 0.364 e. The first-order valence-electron chi connectivity index (χ1n) is 3.39. The molecule has 68 valence electrons. The van der Waals surface area contributed by atoms with E-state index in [1.165, 1.54) is 17.6 Å². The molecule has 0 aliphatic heterocycles. The molecule has 2 rings (SSSR count). The van der Waals surface area contributed by atoms with Gasteiger partial charge in [-0.25, -0.2) is 4.21 Å². The van der Waals surface area contributed by atoms with Gasteiger partial charge in [-0.05, 0) is 12.1 Å². The summed E-state index contributed by atoms with van der Waals surface area (Å²) in [6, 6.07) is 5.05. The molecule has 0 aliphatic rings. The molecule has 0 saturated carbocycles. The van der Waals surface area contributed by atoms with Crippen LogP contribution in [0.4, 0.5) is 0 Å². The van der Waals surface area contributed by atoms with E-state index in [0.29, 0.717) is 9.90 Å². The maximum absolute atomic E-state index is 10.7. The number of rotatable bonds is 2. The summed E-state index contributed by atoms with van der Waals surface area (Å²) in [6.45, 7) is 0. The molecule has 0 aromatic carbocycles. The van der Waals surface area contributed by atoms with E-state index in [1.54, 1.807) is 18.2 Å². The molecule has 1 unspecified atom stereocenters. The average molecular weight is 215 g/mol. The van der Waals surface area contributed by atoms with Crippen molar-refractivity contribution in [1.82, 2.24) is 5.16 Å². The molecule has 2 aromatic rings. The van der Waals surface area contributed by atoms with Gasteiger partial charge in [0.05, 0.1) is 4.88 Å². The number of hydrogen-bond donors (Lipinski definition) is 1. The van der Waals surface area contributed by atoms with Crippen molar-refractivity contribution >= 4 is 22.4 Å². The van der Waals surface area contributed by atoms with Crippen molar-refractivity contribution in [3.05, 3.63) is 24.5 Å². The number of hydrogen-bond acceptors (Lipinski definition) is 4. The van der Waals surface area contributed by atoms with Crippen molar-refractivity contribution in [1.29, 1.82) is 0 Å². The lowest BCUT2D eigenvalue weighted by molar-refractivity contribution is 0.422. The van der Waals surface area contributed by atoms with Gasteiger partial charge in [0.2, 0.25) is 0 Å². The summed E-state index contributed by atoms with van der Waals surface area (Å²) < 4.78 is 24.5. The first-order valence-corrected chi connectivity index (χ1v) is 5.31. The summed E-state index contributed by atoms with van der Waals surface area (Å²) in [5.74, 6) is 0. The molecule has 13 heavy (non-hydrogen) atoms. The lowest BCUT2D eigenvalue weighted by atomic mass is 10.3. The molecule has 4 nitrogen and oxygen atoms in total. The van der Waals surface area contributed by atoms with Gasteiger partial charge in [-0.3, -0.25) is 0 Å². The SMILES string of the molecule is O=S(O)c1ccc(-c2ccon2)s1. The van der Waals surface area contributed by atoms with E-state index in [0.717, 1.165) is 4.88 Å². The van der Waals surface area contributed by atoms with Gasteiger partial charge >= 0.3 is 0 Å². The number of aromatic nitrogens is 1. The predicted octanol–water partition coefficient (Wildman–Crippen LogP) is 1.98. The average Bonchev–Trinajstić information content (AvgIpc) is 2.75. The minimum absolute atomic E-state index is 0.415. The molecule has 2 heterocycles. The van der Waals surface area contributed by atoms with E-state index >= 15 is 0 Å². The molecule has 1 atom stereocenters. The molecule has 0 fully saturated rings. The molecular weight excluding hydrogens is 210 g/mol. The molecule has 0 aliphatic carbocycles. The molecule has 6 heteroatoms. The van der Waals surface area contributed by atoms with Crippen molar-refractivity contribution in [2.75, 3.05) is 0 Å². The fraction of sp³-hybridized carbons (Fsp3) is 0. The van der Waals surface area contributed by atoms with Crippen LogP contribution in [0.15, 0.2) is 33.2 Å². The molecule has 0 bridgehead atoms. The van der Waals surface area contributed by atoms with Crippen LogP contribution < -0.4 is 0 Å². The van der Waals surface area contributed by atoms with Crippen molar-refractivity contribution < 1.29 is 13.3 Å². The van der Waals surface area contributed by atoms with Crippen LogP contribution in [0.25, 0.3) is 10.6 Å². The van der Waals surface area contributed by atoms with Crippen LogP contribution in [0, 0.1) is 0 Å². The van der Waals surface area contributed by atoms with Crippen molar-refractivity contribution in [3.63, 3.8) is 0 Å². The molecule has 1 N–H and O–H groups in total. The summed E-state index contributed by atoms with van der Waals surface area (Å²) in [5, 5.41) is 3.71. The lowest BCUT2D eigenvalue weighted by Crippen LogP contribution is -1.79. The summed E-state index contributed by atoms with van der Waals surface area (Å²) in [5.41, 5.74) is 0.682. The highest BCUT2D eigenvalue weighted by Crippen LogP contribution is 2.27. The van der Waals surface area contributed by atoms with Gasteiger partial charge < -0.3 is 9.08 Å². The second-order valence-corrected chi connectivity index (χ2v) is 4.53. The van der Waals surface area contributed by atoms with Crippen LogP contribution >= 0.6 is 11.3 Å². The second kappa shape index (κ2) is 3.41. The van der Waals surface area contributed by atoms with E-state index < -0.39 is 11.1 Å². The first kappa shape index (κ1) is 8.61. The van der Waals surface area contributed by atoms with Crippen LogP contribution in [0.1, 0.15) is 0 Å². The van der Waals surface area contributed by atoms with E-state index in [2.05, 4.69) is 9.68 Å². The van der Waals surface area contributed by atoms with Crippen LogP contribution in [0.5, 0.6) is 0 Å². The Kier molecular flexibility index (Phi) is 2.26. The Bertz CT molecular complexity index is 421. The predicted molar refractivity (Wildman–Crippen MR) is 48.9 cm³/mol. The van der Waals surface area contributed by atoms with Crippen molar-refractivity contribution in [2.24, 2.45) is 0 Å². The maximum atomic E-state index is 10.7. The van der Waals surface area contributed by atoms with Crippen molar-refractivity contribution in [2.45, 2.75) is 4.21 Å². The molecule has 0 amide bonds. The van der Waals surface area contributed by atoms with E-state index in [-0.39, 0.29) is 0 Å². The minimum atomic E-state index is -1.91. The monoisotopic (exact) mass is 215 g/mol. The second-order valence-electron chi connectivity index (χ2n) is 2.25. The Hall–Kier alpha value is -0.980. The summed E-state index contributed by atoms with van der Waals surface area (Å²) in [6.07, 6.45) is 1.46. The zero-order valence-corrected chi connectivity index (χ0v) is 7.97. The Labute approximate surface area is 80.5 Å². The third-order valence-electron chi connectivity index (χ3n) is 1.44. The topological polar surface area (TPSA) is 63.3 Å². The minimum Gasteiger partial charge on any atom is -0.364 e. The molecule has 0 spiro atoms. The Balaban J connectivity index is 2.39. The third kappa shape index (κ3) is 1.69.